The molecule has 2 heterocycles. The maximum absolute atomic E-state index is 6.43. The van der Waals surface area contributed by atoms with Crippen molar-refractivity contribution in [3.63, 3.8) is 0 Å². The fourth-order valence-electron chi connectivity index (χ4n) is 4.13. The van der Waals surface area contributed by atoms with Gasteiger partial charge in [-0.3, -0.25) is 4.84 Å². The van der Waals surface area contributed by atoms with Crippen molar-refractivity contribution in [1.82, 2.24) is 5.06 Å². The molecule has 0 radical (unpaired) electrons. The van der Waals surface area contributed by atoms with Crippen LogP contribution in [-0.2, 0) is 14.3 Å². The van der Waals surface area contributed by atoms with Gasteiger partial charge in [0.15, 0.2) is 0 Å². The van der Waals surface area contributed by atoms with E-state index in [-0.39, 0.29) is 35.6 Å². The predicted octanol–water partition coefficient (Wildman–Crippen LogP) is 4.44. The summed E-state index contributed by atoms with van der Waals surface area (Å²) in [4.78, 5) is 6.22. The van der Waals surface area contributed by atoms with Crippen molar-refractivity contribution in [3.05, 3.63) is 29.3 Å². The van der Waals surface area contributed by atoms with E-state index in [4.69, 9.17) is 19.0 Å². The maximum atomic E-state index is 6.43. The summed E-state index contributed by atoms with van der Waals surface area (Å²) in [6.45, 7) is 18.0. The average Bonchev–Trinajstić information content (AvgIpc) is 3.03. The molecule has 0 aromatic heterocycles. The number of ether oxygens (including phenoxy) is 3. The van der Waals surface area contributed by atoms with Crippen LogP contribution in [0.15, 0.2) is 18.2 Å². The van der Waals surface area contributed by atoms with E-state index in [0.717, 1.165) is 29.8 Å². The van der Waals surface area contributed by atoms with E-state index < -0.39 is 0 Å². The number of nitrogens with zero attached hydrogens (tertiary/aromatic N) is 1. The number of aryl methyl sites for hydroxylation is 2. The van der Waals surface area contributed by atoms with Gasteiger partial charge in [-0.05, 0) is 72.9 Å². The zero-order chi connectivity index (χ0) is 20.7. The van der Waals surface area contributed by atoms with Crippen LogP contribution in [0.3, 0.4) is 0 Å². The molecular weight excluding hydrogens is 354 g/mol. The van der Waals surface area contributed by atoms with Gasteiger partial charge >= 0.3 is 0 Å². The van der Waals surface area contributed by atoms with Gasteiger partial charge in [-0.1, -0.05) is 18.2 Å². The minimum atomic E-state index is -0.229. The van der Waals surface area contributed by atoms with Crippen molar-refractivity contribution >= 4 is 0 Å². The minimum Gasteiger partial charge on any atom is -0.490 e. The molecule has 1 aromatic rings. The monoisotopic (exact) mass is 391 g/mol. The average molecular weight is 392 g/mol. The van der Waals surface area contributed by atoms with Gasteiger partial charge in [0.25, 0.3) is 0 Å². The summed E-state index contributed by atoms with van der Waals surface area (Å²) in [5, 5.41) is 2.06. The third-order valence-corrected chi connectivity index (χ3v) is 5.08. The molecule has 2 fully saturated rings. The first-order chi connectivity index (χ1) is 12.9. The van der Waals surface area contributed by atoms with Crippen LogP contribution in [0, 0.1) is 13.8 Å². The lowest BCUT2D eigenvalue weighted by molar-refractivity contribution is -0.166. The number of rotatable bonds is 5. The Labute approximate surface area is 170 Å². The van der Waals surface area contributed by atoms with Crippen LogP contribution >= 0.6 is 0 Å². The summed E-state index contributed by atoms with van der Waals surface area (Å²) < 4.78 is 18.9. The molecule has 1 aromatic carbocycles. The molecular formula is C23H37NO4. The third-order valence-electron chi connectivity index (χ3n) is 5.08. The molecule has 2 aliphatic heterocycles. The normalized spacial score (nSPS) is 28.6. The summed E-state index contributed by atoms with van der Waals surface area (Å²) >= 11 is 0. The van der Waals surface area contributed by atoms with Crippen molar-refractivity contribution in [2.45, 2.75) is 97.4 Å². The van der Waals surface area contributed by atoms with Gasteiger partial charge in [0.2, 0.25) is 0 Å². The van der Waals surface area contributed by atoms with Crippen LogP contribution in [0.5, 0.6) is 5.75 Å². The van der Waals surface area contributed by atoms with E-state index in [1.807, 2.05) is 0 Å². The number of para-hydroxylation sites is 1. The zero-order valence-corrected chi connectivity index (χ0v) is 18.7. The van der Waals surface area contributed by atoms with Crippen LogP contribution in [0.4, 0.5) is 0 Å². The molecule has 5 nitrogen and oxygen atoms in total. The van der Waals surface area contributed by atoms with Gasteiger partial charge in [-0.2, -0.15) is 5.06 Å². The quantitative estimate of drug-likeness (QED) is 0.742. The smallest absolute Gasteiger partial charge is 0.125 e. The summed E-state index contributed by atoms with van der Waals surface area (Å²) in [6.07, 6.45) is 0.912. The van der Waals surface area contributed by atoms with Crippen LogP contribution in [0.25, 0.3) is 0 Å². The topological polar surface area (TPSA) is 40.2 Å². The highest BCUT2D eigenvalue weighted by Gasteiger charge is 2.51. The molecule has 0 bridgehead atoms. The number of hydrogen-bond donors (Lipinski definition) is 0. The SMILES string of the molecule is Cc1cccc(C)c1OC[C@@H]1C[C@H]2[C@H](OC(C)(C)C)[C@@H](OC(C)(C)C)CN2O1. The van der Waals surface area contributed by atoms with Crippen LogP contribution in [-0.4, -0.2) is 53.8 Å². The van der Waals surface area contributed by atoms with Crippen LogP contribution in [0.1, 0.15) is 59.1 Å². The van der Waals surface area contributed by atoms with Crippen molar-refractivity contribution < 1.29 is 19.0 Å². The van der Waals surface area contributed by atoms with E-state index in [1.165, 1.54) is 0 Å². The third kappa shape index (κ3) is 5.26. The summed E-state index contributed by atoms with van der Waals surface area (Å²) in [6, 6.07) is 6.41. The fourth-order valence-corrected chi connectivity index (χ4v) is 4.13. The molecule has 0 unspecified atom stereocenters. The summed E-state index contributed by atoms with van der Waals surface area (Å²) in [7, 11) is 0. The second-order valence-corrected chi connectivity index (χ2v) is 10.1. The minimum absolute atomic E-state index is 0.00436. The molecule has 158 valence electrons. The van der Waals surface area contributed by atoms with Gasteiger partial charge in [0.05, 0.1) is 23.8 Å². The Morgan fingerprint density at radius 2 is 1.61 bits per heavy atom. The molecule has 3 rings (SSSR count). The highest BCUT2D eigenvalue weighted by molar-refractivity contribution is 5.39. The Morgan fingerprint density at radius 3 is 2.18 bits per heavy atom. The van der Waals surface area contributed by atoms with Gasteiger partial charge in [-0.25, -0.2) is 0 Å². The Hall–Kier alpha value is -1.14. The summed E-state index contributed by atoms with van der Waals surface area (Å²) in [5.41, 5.74) is 1.87. The highest BCUT2D eigenvalue weighted by atomic mass is 16.7. The van der Waals surface area contributed by atoms with Crippen molar-refractivity contribution in [2.24, 2.45) is 0 Å². The Balaban J connectivity index is 1.65. The van der Waals surface area contributed by atoms with E-state index in [1.54, 1.807) is 0 Å². The number of hydroxylamine groups is 2. The molecule has 0 spiro atoms. The van der Waals surface area contributed by atoms with Gasteiger partial charge < -0.3 is 14.2 Å². The maximum Gasteiger partial charge on any atom is 0.125 e. The first kappa shape index (κ1) is 21.6. The summed E-state index contributed by atoms with van der Waals surface area (Å²) in [5.74, 6) is 0.967. The second-order valence-electron chi connectivity index (χ2n) is 10.1. The number of benzene rings is 1. The molecule has 0 aliphatic carbocycles. The lowest BCUT2D eigenvalue weighted by atomic mass is 10.0. The van der Waals surface area contributed by atoms with Crippen molar-refractivity contribution in [2.75, 3.05) is 13.2 Å². The largest absolute Gasteiger partial charge is 0.490 e. The molecule has 4 atom stereocenters. The molecule has 2 aliphatic rings. The molecule has 0 amide bonds. The van der Waals surface area contributed by atoms with E-state index in [0.29, 0.717) is 6.61 Å². The Bertz CT molecular complexity index is 656. The predicted molar refractivity (Wildman–Crippen MR) is 111 cm³/mol. The Morgan fingerprint density at radius 1 is 1.00 bits per heavy atom. The van der Waals surface area contributed by atoms with E-state index in [2.05, 4.69) is 78.7 Å². The lowest BCUT2D eigenvalue weighted by Gasteiger charge is -2.34. The van der Waals surface area contributed by atoms with Crippen molar-refractivity contribution in [3.8, 4) is 5.75 Å². The molecule has 0 N–H and O–H groups in total. The fraction of sp³-hybridized carbons (Fsp3) is 0.739. The highest BCUT2D eigenvalue weighted by Crippen LogP contribution is 2.37. The number of fused-ring (bicyclic) bond motifs is 1. The molecule has 0 saturated carbocycles. The van der Waals surface area contributed by atoms with Gasteiger partial charge in [0.1, 0.15) is 30.7 Å². The van der Waals surface area contributed by atoms with Crippen molar-refractivity contribution in [1.29, 1.82) is 0 Å². The molecule has 28 heavy (non-hydrogen) atoms. The standard InChI is InChI=1S/C23H37NO4/c1-15-10-9-11-16(2)20(15)25-14-17-12-18-21(27-23(6,7)8)19(13-24(18)28-17)26-22(3,4)5/h9-11,17-19,21H,12-14H2,1-8H3/t17-,18-,19-,21-/m0/s1. The number of hydrogen-bond acceptors (Lipinski definition) is 5. The molecule has 2 saturated heterocycles. The molecule has 5 heteroatoms. The first-order valence-electron chi connectivity index (χ1n) is 10.4. The Kier molecular flexibility index (Phi) is 6.12. The van der Waals surface area contributed by atoms with E-state index >= 15 is 0 Å². The lowest BCUT2D eigenvalue weighted by Crippen LogP contribution is -2.44. The van der Waals surface area contributed by atoms with Crippen LogP contribution < -0.4 is 4.74 Å². The van der Waals surface area contributed by atoms with Crippen LogP contribution in [0.2, 0.25) is 0 Å². The second kappa shape index (κ2) is 7.94. The van der Waals surface area contributed by atoms with Gasteiger partial charge in [0, 0.05) is 0 Å². The zero-order valence-electron chi connectivity index (χ0n) is 18.7. The first-order valence-corrected chi connectivity index (χ1v) is 10.4. The van der Waals surface area contributed by atoms with Gasteiger partial charge in [-0.15, -0.1) is 0 Å². The van der Waals surface area contributed by atoms with E-state index in [9.17, 15) is 0 Å².